The Hall–Kier alpha value is -1.35. The molecular weight excluding hydrogens is 248 g/mol. The molecule has 1 atom stereocenters. The zero-order valence-corrected chi connectivity index (χ0v) is 13.7. The van der Waals surface area contributed by atoms with Crippen molar-refractivity contribution in [3.8, 4) is 0 Å². The summed E-state index contributed by atoms with van der Waals surface area (Å²) >= 11 is 0. The summed E-state index contributed by atoms with van der Waals surface area (Å²) in [6.45, 7) is 10.9. The molecule has 0 radical (unpaired) electrons. The molecule has 1 unspecified atom stereocenters. The van der Waals surface area contributed by atoms with Crippen molar-refractivity contribution in [3.05, 3.63) is 29.3 Å². The Morgan fingerprint density at radius 2 is 1.70 bits per heavy atom. The molecule has 0 spiro atoms. The lowest BCUT2D eigenvalue weighted by Crippen LogP contribution is -2.38. The van der Waals surface area contributed by atoms with Gasteiger partial charge >= 0.3 is 0 Å². The van der Waals surface area contributed by atoms with Crippen LogP contribution < -0.4 is 10.6 Å². The van der Waals surface area contributed by atoms with Crippen molar-refractivity contribution < 1.29 is 4.79 Å². The molecule has 0 fully saturated rings. The van der Waals surface area contributed by atoms with Crippen LogP contribution in [0.3, 0.4) is 0 Å². The summed E-state index contributed by atoms with van der Waals surface area (Å²) in [5, 5.41) is 0. The van der Waals surface area contributed by atoms with E-state index >= 15 is 0 Å². The molecule has 0 aromatic heterocycles. The highest BCUT2D eigenvalue weighted by Gasteiger charge is 2.26. The number of rotatable bonds is 4. The zero-order valence-electron chi connectivity index (χ0n) is 13.7. The molecule has 0 saturated carbocycles. The smallest absolute Gasteiger partial charge is 0.231 e. The van der Waals surface area contributed by atoms with Crippen LogP contribution in [0.5, 0.6) is 0 Å². The maximum Gasteiger partial charge on any atom is 0.231 e. The summed E-state index contributed by atoms with van der Waals surface area (Å²) < 4.78 is 0. The third-order valence-electron chi connectivity index (χ3n) is 3.42. The van der Waals surface area contributed by atoms with Crippen LogP contribution in [-0.4, -0.2) is 19.5 Å². The minimum atomic E-state index is -0.124. The number of hydrogen-bond acceptors (Lipinski definition) is 2. The molecule has 1 aromatic carbocycles. The summed E-state index contributed by atoms with van der Waals surface area (Å²) in [4.78, 5) is 14.4. The number of carbonyl (C=O) groups is 1. The second-order valence-corrected chi connectivity index (χ2v) is 6.94. The van der Waals surface area contributed by atoms with Gasteiger partial charge in [-0.15, -0.1) is 0 Å². The third kappa shape index (κ3) is 4.64. The Kier molecular flexibility index (Phi) is 5.35. The van der Waals surface area contributed by atoms with Crippen molar-refractivity contribution in [2.75, 3.05) is 18.5 Å². The van der Waals surface area contributed by atoms with E-state index in [1.165, 1.54) is 11.1 Å². The van der Waals surface area contributed by atoms with E-state index in [1.54, 1.807) is 4.90 Å². The van der Waals surface area contributed by atoms with E-state index in [4.69, 9.17) is 5.73 Å². The Morgan fingerprint density at radius 1 is 1.20 bits per heavy atom. The van der Waals surface area contributed by atoms with E-state index in [2.05, 4.69) is 26.8 Å². The first-order valence-electron chi connectivity index (χ1n) is 7.20. The number of aryl methyl sites for hydroxylation is 2. The summed E-state index contributed by atoms with van der Waals surface area (Å²) in [5.74, 6) is -0.0201. The predicted octanol–water partition coefficient (Wildman–Crippen LogP) is 3.28. The van der Waals surface area contributed by atoms with E-state index in [1.807, 2.05) is 33.0 Å². The second-order valence-electron chi connectivity index (χ2n) is 6.94. The maximum atomic E-state index is 12.6. The van der Waals surface area contributed by atoms with Crippen molar-refractivity contribution >= 4 is 11.6 Å². The molecule has 112 valence electrons. The lowest BCUT2D eigenvalue weighted by Gasteiger charge is -2.28. The lowest BCUT2D eigenvalue weighted by atomic mass is 9.84. The number of anilines is 1. The summed E-state index contributed by atoms with van der Waals surface area (Å²) in [6, 6.07) is 6.18. The molecular formula is C17H28N2O. The van der Waals surface area contributed by atoms with Gasteiger partial charge in [-0.3, -0.25) is 4.79 Å². The number of benzene rings is 1. The molecule has 0 saturated heterocycles. The lowest BCUT2D eigenvalue weighted by molar-refractivity contribution is -0.122. The molecule has 0 aliphatic heterocycles. The topological polar surface area (TPSA) is 46.3 Å². The zero-order chi connectivity index (χ0) is 15.5. The van der Waals surface area contributed by atoms with Crippen molar-refractivity contribution in [2.24, 2.45) is 17.1 Å². The second kappa shape index (κ2) is 6.40. The average Bonchev–Trinajstić information content (AvgIpc) is 2.31. The van der Waals surface area contributed by atoms with Crippen molar-refractivity contribution in [3.63, 3.8) is 0 Å². The van der Waals surface area contributed by atoms with Gasteiger partial charge in [0, 0.05) is 19.3 Å². The monoisotopic (exact) mass is 276 g/mol. The largest absolute Gasteiger partial charge is 0.330 e. The Morgan fingerprint density at radius 3 is 2.10 bits per heavy atom. The molecule has 1 rings (SSSR count). The normalized spacial score (nSPS) is 13.2. The van der Waals surface area contributed by atoms with Crippen LogP contribution in [0.4, 0.5) is 5.69 Å². The summed E-state index contributed by atoms with van der Waals surface area (Å²) in [5.41, 5.74) is 9.19. The molecule has 3 nitrogen and oxygen atoms in total. The van der Waals surface area contributed by atoms with Crippen LogP contribution in [0, 0.1) is 25.2 Å². The minimum Gasteiger partial charge on any atom is -0.330 e. The summed E-state index contributed by atoms with van der Waals surface area (Å²) in [6.07, 6.45) is 0.803. The fourth-order valence-electron chi connectivity index (χ4n) is 2.56. The molecule has 20 heavy (non-hydrogen) atoms. The van der Waals surface area contributed by atoms with Crippen LogP contribution in [0.25, 0.3) is 0 Å². The van der Waals surface area contributed by atoms with E-state index < -0.39 is 0 Å². The van der Waals surface area contributed by atoms with Crippen molar-refractivity contribution in [1.29, 1.82) is 0 Å². The van der Waals surface area contributed by atoms with Crippen LogP contribution in [0.1, 0.15) is 38.3 Å². The van der Waals surface area contributed by atoms with Crippen LogP contribution in [-0.2, 0) is 4.79 Å². The predicted molar refractivity (Wildman–Crippen MR) is 85.9 cm³/mol. The number of nitrogens with zero attached hydrogens (tertiary/aromatic N) is 1. The molecule has 0 bridgehead atoms. The van der Waals surface area contributed by atoms with Gasteiger partial charge in [0.2, 0.25) is 5.91 Å². The molecule has 0 aliphatic carbocycles. The first-order valence-corrected chi connectivity index (χ1v) is 7.20. The van der Waals surface area contributed by atoms with Crippen molar-refractivity contribution in [1.82, 2.24) is 0 Å². The maximum absolute atomic E-state index is 12.6. The highest BCUT2D eigenvalue weighted by Crippen LogP contribution is 2.27. The van der Waals surface area contributed by atoms with E-state index in [-0.39, 0.29) is 17.2 Å². The van der Waals surface area contributed by atoms with Gasteiger partial charge in [0.15, 0.2) is 0 Å². The number of nitrogens with two attached hydrogens (primary N) is 1. The quantitative estimate of drug-likeness (QED) is 0.917. The van der Waals surface area contributed by atoms with Gasteiger partial charge in [-0.1, -0.05) is 26.8 Å². The Labute approximate surface area is 123 Å². The number of amides is 1. The number of hydrogen-bond donors (Lipinski definition) is 1. The molecule has 1 aromatic rings. The van der Waals surface area contributed by atoms with Gasteiger partial charge < -0.3 is 10.6 Å². The first-order chi connectivity index (χ1) is 9.14. The van der Waals surface area contributed by atoms with E-state index in [0.29, 0.717) is 6.54 Å². The first kappa shape index (κ1) is 16.7. The molecule has 3 heteroatoms. The SMILES string of the molecule is Cc1cc(C)cc(N(C)C(=O)C(CN)CC(C)(C)C)c1. The van der Waals surface area contributed by atoms with E-state index in [9.17, 15) is 4.79 Å². The van der Waals surface area contributed by atoms with Crippen molar-refractivity contribution in [2.45, 2.75) is 41.0 Å². The van der Waals surface area contributed by atoms with Gasteiger partial charge in [0.05, 0.1) is 5.92 Å². The molecule has 0 heterocycles. The average molecular weight is 276 g/mol. The van der Waals surface area contributed by atoms with Crippen LogP contribution in [0.2, 0.25) is 0 Å². The fourth-order valence-corrected chi connectivity index (χ4v) is 2.56. The van der Waals surface area contributed by atoms with Crippen LogP contribution in [0.15, 0.2) is 18.2 Å². The van der Waals surface area contributed by atoms with Gasteiger partial charge in [0.25, 0.3) is 0 Å². The molecule has 0 aliphatic rings. The Balaban J connectivity index is 2.94. The highest BCUT2D eigenvalue weighted by atomic mass is 16.2. The van der Waals surface area contributed by atoms with Gasteiger partial charge in [-0.05, 0) is 48.9 Å². The highest BCUT2D eigenvalue weighted by molar-refractivity contribution is 5.94. The molecule has 2 N–H and O–H groups in total. The van der Waals surface area contributed by atoms with Crippen LogP contribution >= 0.6 is 0 Å². The fraction of sp³-hybridized carbons (Fsp3) is 0.588. The van der Waals surface area contributed by atoms with Gasteiger partial charge in [-0.25, -0.2) is 0 Å². The molecule has 1 amide bonds. The third-order valence-corrected chi connectivity index (χ3v) is 3.42. The summed E-state index contributed by atoms with van der Waals surface area (Å²) in [7, 11) is 1.84. The van der Waals surface area contributed by atoms with Gasteiger partial charge in [0.1, 0.15) is 0 Å². The minimum absolute atomic E-state index is 0.100. The van der Waals surface area contributed by atoms with Gasteiger partial charge in [-0.2, -0.15) is 0 Å². The Bertz CT molecular complexity index is 454. The number of carbonyl (C=O) groups excluding carboxylic acids is 1. The van der Waals surface area contributed by atoms with E-state index in [0.717, 1.165) is 12.1 Å². The standard InChI is InChI=1S/C17H28N2O/c1-12-7-13(2)9-15(8-12)19(6)16(20)14(11-18)10-17(3,4)5/h7-9,14H,10-11,18H2,1-6H3.